The number of benzene rings is 4. The molecular weight excluding hydrogens is 553 g/mol. The summed E-state index contributed by atoms with van der Waals surface area (Å²) in [6, 6.07) is 26.9. The molecule has 1 heterocycles. The molecule has 0 aromatic heterocycles. The molecule has 4 aromatic carbocycles. The molecule has 1 aliphatic heterocycles. The van der Waals surface area contributed by atoms with E-state index >= 15 is 0 Å². The van der Waals surface area contributed by atoms with Crippen molar-refractivity contribution in [2.75, 3.05) is 0 Å². The van der Waals surface area contributed by atoms with E-state index < -0.39 is 17.7 Å². The van der Waals surface area contributed by atoms with E-state index in [0.29, 0.717) is 27.5 Å². The van der Waals surface area contributed by atoms with Crippen LogP contribution in [0, 0.1) is 0 Å². The summed E-state index contributed by atoms with van der Waals surface area (Å²) >= 11 is 1.09. The Morgan fingerprint density at radius 2 is 1.59 bits per heavy atom. The summed E-state index contributed by atoms with van der Waals surface area (Å²) in [4.78, 5) is 31.0. The molecule has 1 aliphatic rings. The zero-order valence-electron chi connectivity index (χ0n) is 21.2. The lowest BCUT2D eigenvalue weighted by molar-refractivity contribution is -0.137. The van der Waals surface area contributed by atoms with Crippen molar-refractivity contribution in [2.45, 2.75) is 12.7 Å². The normalized spacial score (nSPS) is 15.5. The molecule has 6 nitrogen and oxygen atoms in total. The molecule has 0 unspecified atom stereocenters. The van der Waals surface area contributed by atoms with Gasteiger partial charge in [0.05, 0.1) is 28.3 Å². The molecule has 0 spiro atoms. The van der Waals surface area contributed by atoms with Crippen LogP contribution in [-0.2, 0) is 17.5 Å². The van der Waals surface area contributed by atoms with Gasteiger partial charge in [0.15, 0.2) is 5.17 Å². The van der Waals surface area contributed by atoms with E-state index in [-0.39, 0.29) is 28.9 Å². The minimum atomic E-state index is -4.48. The first kappa shape index (κ1) is 27.7. The number of carbonyl (C=O) groups is 2. The van der Waals surface area contributed by atoms with Crippen molar-refractivity contribution in [1.29, 1.82) is 0 Å². The van der Waals surface area contributed by atoms with Crippen LogP contribution in [0.25, 0.3) is 6.08 Å². The molecule has 10 heteroatoms. The summed E-state index contributed by atoms with van der Waals surface area (Å²) in [5.41, 5.74) is 0.913. The van der Waals surface area contributed by atoms with Crippen molar-refractivity contribution in [3.63, 3.8) is 0 Å². The number of hydrogen-bond acceptors (Lipinski definition) is 5. The van der Waals surface area contributed by atoms with Crippen LogP contribution in [-0.4, -0.2) is 27.1 Å². The number of para-hydroxylation sites is 1. The van der Waals surface area contributed by atoms with Crippen LogP contribution in [0.15, 0.2) is 113 Å². The number of thioether (sulfide) groups is 1. The van der Waals surface area contributed by atoms with Gasteiger partial charge in [0.2, 0.25) is 0 Å². The van der Waals surface area contributed by atoms with E-state index in [9.17, 15) is 27.9 Å². The van der Waals surface area contributed by atoms with Crippen LogP contribution in [0.2, 0.25) is 0 Å². The molecule has 4 aromatic rings. The van der Waals surface area contributed by atoms with Crippen molar-refractivity contribution in [1.82, 2.24) is 4.90 Å². The SMILES string of the molecule is O=C(O)c1ccc(CN2C(=O)/C(=C/c3cccc(Oc4ccccc4)c3)SC2=Nc2ccc(C(F)(F)F)cc2)cc1. The van der Waals surface area contributed by atoms with Crippen molar-refractivity contribution in [3.05, 3.63) is 130 Å². The largest absolute Gasteiger partial charge is 0.478 e. The lowest BCUT2D eigenvalue weighted by Gasteiger charge is -2.16. The average Bonchev–Trinajstić information content (AvgIpc) is 3.22. The van der Waals surface area contributed by atoms with E-state index in [1.807, 2.05) is 36.4 Å². The van der Waals surface area contributed by atoms with Crippen LogP contribution in [0.4, 0.5) is 18.9 Å². The smallest absolute Gasteiger partial charge is 0.416 e. The third-order valence-corrected chi connectivity index (χ3v) is 6.99. The van der Waals surface area contributed by atoms with Gasteiger partial charge in [0, 0.05) is 0 Å². The maximum absolute atomic E-state index is 13.5. The fourth-order valence-corrected chi connectivity index (χ4v) is 4.94. The molecule has 0 saturated carbocycles. The van der Waals surface area contributed by atoms with Gasteiger partial charge in [-0.05, 0) is 89.6 Å². The first-order chi connectivity index (χ1) is 19.7. The second-order valence-corrected chi connectivity index (χ2v) is 9.94. The number of amides is 1. The van der Waals surface area contributed by atoms with Crippen LogP contribution in [0.5, 0.6) is 11.5 Å². The Bertz CT molecular complexity index is 1630. The number of ether oxygens (including phenoxy) is 1. The summed E-state index contributed by atoms with van der Waals surface area (Å²) < 4.78 is 45.0. The first-order valence-electron chi connectivity index (χ1n) is 12.3. The highest BCUT2D eigenvalue weighted by molar-refractivity contribution is 8.18. The molecular formula is C31H21F3N2O4S. The van der Waals surface area contributed by atoms with E-state index in [1.54, 1.807) is 36.4 Å². The Morgan fingerprint density at radius 1 is 0.902 bits per heavy atom. The van der Waals surface area contributed by atoms with Crippen LogP contribution in [0.3, 0.4) is 0 Å². The summed E-state index contributed by atoms with van der Waals surface area (Å²) in [5.74, 6) is -0.181. The first-order valence-corrected chi connectivity index (χ1v) is 13.1. The summed E-state index contributed by atoms with van der Waals surface area (Å²) in [7, 11) is 0. The highest BCUT2D eigenvalue weighted by Crippen LogP contribution is 2.37. The van der Waals surface area contributed by atoms with Crippen LogP contribution < -0.4 is 4.74 Å². The Balaban J connectivity index is 1.45. The number of halogens is 3. The molecule has 1 fully saturated rings. The maximum Gasteiger partial charge on any atom is 0.416 e. The van der Waals surface area contributed by atoms with Gasteiger partial charge >= 0.3 is 12.1 Å². The Kier molecular flexibility index (Phi) is 7.93. The van der Waals surface area contributed by atoms with Crippen molar-refractivity contribution >= 4 is 40.6 Å². The van der Waals surface area contributed by atoms with E-state index in [4.69, 9.17) is 4.74 Å². The monoisotopic (exact) mass is 574 g/mol. The van der Waals surface area contributed by atoms with Gasteiger partial charge in [-0.3, -0.25) is 9.69 Å². The van der Waals surface area contributed by atoms with Gasteiger partial charge in [-0.15, -0.1) is 0 Å². The number of nitrogens with zero attached hydrogens (tertiary/aromatic N) is 2. The Morgan fingerprint density at radius 3 is 2.24 bits per heavy atom. The molecule has 206 valence electrons. The minimum Gasteiger partial charge on any atom is -0.478 e. The van der Waals surface area contributed by atoms with E-state index in [2.05, 4.69) is 4.99 Å². The topological polar surface area (TPSA) is 79.2 Å². The van der Waals surface area contributed by atoms with Gasteiger partial charge in [-0.1, -0.05) is 42.5 Å². The lowest BCUT2D eigenvalue weighted by Crippen LogP contribution is -2.28. The molecule has 0 bridgehead atoms. The number of amidine groups is 1. The zero-order chi connectivity index (χ0) is 29.0. The molecule has 1 saturated heterocycles. The quantitative estimate of drug-likeness (QED) is 0.226. The van der Waals surface area contributed by atoms with Crippen LogP contribution in [0.1, 0.15) is 27.0 Å². The number of carboxylic acid groups (broad SMARTS) is 1. The Hall–Kier alpha value is -4.83. The van der Waals surface area contributed by atoms with Gasteiger partial charge in [0.1, 0.15) is 11.5 Å². The highest BCUT2D eigenvalue weighted by atomic mass is 32.2. The number of aliphatic imine (C=N–C) groups is 1. The summed E-state index contributed by atoms with van der Waals surface area (Å²) in [6.45, 7) is 0.0830. The molecule has 0 aliphatic carbocycles. The predicted octanol–water partition coefficient (Wildman–Crippen LogP) is 8.00. The summed E-state index contributed by atoms with van der Waals surface area (Å²) in [6.07, 6.45) is -2.78. The lowest BCUT2D eigenvalue weighted by atomic mass is 10.1. The fourth-order valence-electron chi connectivity index (χ4n) is 3.95. The molecule has 0 atom stereocenters. The van der Waals surface area contributed by atoms with Crippen molar-refractivity contribution in [3.8, 4) is 11.5 Å². The number of aromatic carboxylic acids is 1. The standard InChI is InChI=1S/C31H21F3N2O4S/c32-31(33,34)23-13-15-24(16-14-23)35-30-36(19-20-9-11-22(12-10-20)29(38)39)28(37)27(41-30)18-21-5-4-8-26(17-21)40-25-6-2-1-3-7-25/h1-18H,19H2,(H,38,39)/b27-18-,35-30?. The Labute approximate surface area is 237 Å². The second kappa shape index (κ2) is 11.7. The number of rotatable bonds is 7. The molecule has 5 rings (SSSR count). The average molecular weight is 575 g/mol. The number of carbonyl (C=O) groups excluding carboxylic acids is 1. The second-order valence-electron chi connectivity index (χ2n) is 8.93. The van der Waals surface area contributed by atoms with Gasteiger partial charge in [-0.2, -0.15) is 13.2 Å². The third-order valence-electron chi connectivity index (χ3n) is 5.98. The number of hydrogen-bond donors (Lipinski definition) is 1. The molecule has 1 N–H and O–H groups in total. The highest BCUT2D eigenvalue weighted by Gasteiger charge is 2.34. The van der Waals surface area contributed by atoms with Gasteiger partial charge in [0.25, 0.3) is 5.91 Å². The van der Waals surface area contributed by atoms with Crippen molar-refractivity contribution in [2.24, 2.45) is 4.99 Å². The van der Waals surface area contributed by atoms with E-state index in [0.717, 1.165) is 23.9 Å². The molecule has 41 heavy (non-hydrogen) atoms. The van der Waals surface area contributed by atoms with E-state index in [1.165, 1.54) is 29.2 Å². The summed E-state index contributed by atoms with van der Waals surface area (Å²) in [5, 5.41) is 9.46. The number of carboxylic acids is 1. The zero-order valence-corrected chi connectivity index (χ0v) is 22.0. The minimum absolute atomic E-state index is 0.0830. The van der Waals surface area contributed by atoms with Gasteiger partial charge in [-0.25, -0.2) is 9.79 Å². The van der Waals surface area contributed by atoms with Gasteiger partial charge < -0.3 is 9.84 Å². The molecule has 1 amide bonds. The third kappa shape index (κ3) is 6.85. The maximum atomic E-state index is 13.5. The van der Waals surface area contributed by atoms with Crippen LogP contribution >= 0.6 is 11.8 Å². The fraction of sp³-hybridized carbons (Fsp3) is 0.0645. The number of alkyl halides is 3. The van der Waals surface area contributed by atoms with Crippen molar-refractivity contribution < 1.29 is 32.6 Å². The molecule has 0 radical (unpaired) electrons. The predicted molar refractivity (Wildman–Crippen MR) is 151 cm³/mol.